The molecule has 1 aromatic heterocycles. The Hall–Kier alpha value is -4.49. The maximum atomic E-state index is 15.4. The quantitative estimate of drug-likeness (QED) is 0.104. The first kappa shape index (κ1) is 34.4. The third-order valence-corrected chi connectivity index (χ3v) is 8.32. The Bertz CT molecular complexity index is 1580. The number of hydrogen-bond donors (Lipinski definition) is 3. The summed E-state index contributed by atoms with van der Waals surface area (Å²) < 4.78 is 97.5. The van der Waals surface area contributed by atoms with Gasteiger partial charge in [0, 0.05) is 23.6 Å². The van der Waals surface area contributed by atoms with Crippen molar-refractivity contribution in [3.8, 4) is 17.1 Å². The molecule has 0 radical (unpaired) electrons. The van der Waals surface area contributed by atoms with Crippen molar-refractivity contribution < 1.29 is 50.5 Å². The maximum Gasteiger partial charge on any atom is 0.419 e. The maximum absolute atomic E-state index is 15.4. The van der Waals surface area contributed by atoms with Gasteiger partial charge in [-0.3, -0.25) is 9.89 Å². The molecule has 3 N–H and O–H groups in total. The lowest BCUT2D eigenvalue weighted by atomic mass is 9.59. The van der Waals surface area contributed by atoms with E-state index in [2.05, 4.69) is 15.5 Å². The first-order chi connectivity index (χ1) is 21.9. The van der Waals surface area contributed by atoms with Crippen LogP contribution >= 0.6 is 0 Å². The highest BCUT2D eigenvalue weighted by Crippen LogP contribution is 2.54. The molecule has 3 aromatic rings. The van der Waals surface area contributed by atoms with Crippen LogP contribution in [-0.2, 0) is 20.5 Å². The fourth-order valence-electron chi connectivity index (χ4n) is 6.12. The number of aliphatic carboxylic acids is 1. The highest BCUT2D eigenvalue weighted by atomic mass is 19.4. The molecule has 2 heterocycles. The third-order valence-electron chi connectivity index (χ3n) is 8.32. The summed E-state index contributed by atoms with van der Waals surface area (Å²) in [7, 11) is 0.864. The smallest absolute Gasteiger partial charge is 0.419 e. The summed E-state index contributed by atoms with van der Waals surface area (Å²) in [6.45, 7) is 0.126. The highest BCUT2D eigenvalue weighted by molar-refractivity contribution is 5.94. The van der Waals surface area contributed by atoms with Crippen LogP contribution < -0.4 is 10.1 Å². The first-order valence-electron chi connectivity index (χ1n) is 14.5. The van der Waals surface area contributed by atoms with Crippen molar-refractivity contribution in [1.29, 1.82) is 0 Å². The zero-order chi connectivity index (χ0) is 33.6. The van der Waals surface area contributed by atoms with E-state index in [0.717, 1.165) is 18.4 Å². The zero-order valence-corrected chi connectivity index (χ0v) is 25.0. The number of carboxylic acid groups (broad SMARTS) is 1. The molecule has 0 bridgehead atoms. The first-order valence-corrected chi connectivity index (χ1v) is 14.5. The topological polar surface area (TPSA) is 114 Å². The molecule has 1 aliphatic rings. The number of carboxylic acids is 1. The molecular weight excluding hydrogens is 620 g/mol. The van der Waals surface area contributed by atoms with Crippen molar-refractivity contribution >= 4 is 11.9 Å². The molecule has 4 rings (SSSR count). The molecule has 8 nitrogen and oxygen atoms in total. The number of esters is 1. The SMILES string of the molecule is COC(=O)C1=C(CF)NC(C)C(CCCCCCOc2cc(-c3ccccc3)[nH]n2)(C(=O)O)C1c1c(F)ccc(F)c1C(F)(F)F. The fraction of sp³-hybridized carbons (Fsp3) is 0.406. The van der Waals surface area contributed by atoms with E-state index in [1.54, 1.807) is 6.07 Å². The molecular formula is C32H33F6N3O5. The lowest BCUT2D eigenvalue weighted by Gasteiger charge is -2.47. The van der Waals surface area contributed by atoms with Gasteiger partial charge in [-0.05, 0) is 37.5 Å². The number of alkyl halides is 4. The second-order valence-electron chi connectivity index (χ2n) is 11.0. The summed E-state index contributed by atoms with van der Waals surface area (Å²) in [5.74, 6) is -8.38. The average Bonchev–Trinajstić information content (AvgIpc) is 3.50. The molecule has 0 saturated heterocycles. The molecule has 0 spiro atoms. The van der Waals surface area contributed by atoms with Gasteiger partial charge in [-0.15, -0.1) is 5.10 Å². The van der Waals surface area contributed by atoms with Gasteiger partial charge in [0.2, 0.25) is 5.88 Å². The number of allylic oxidation sites excluding steroid dienone is 1. The number of carbonyl (C=O) groups excluding carboxylic acids is 1. The predicted octanol–water partition coefficient (Wildman–Crippen LogP) is 6.95. The van der Waals surface area contributed by atoms with E-state index < -0.39 is 76.2 Å². The van der Waals surface area contributed by atoms with Crippen molar-refractivity contribution in [2.45, 2.75) is 57.2 Å². The van der Waals surface area contributed by atoms with Crippen LogP contribution in [0.25, 0.3) is 11.3 Å². The summed E-state index contributed by atoms with van der Waals surface area (Å²) >= 11 is 0. The largest absolute Gasteiger partial charge is 0.481 e. The molecule has 0 aliphatic carbocycles. The standard InChI is InChI=1S/C32H33F6N3O5/c1-18-31(30(43)44,14-8-3-4-9-15-46-24-16-22(40-41-24)19-10-6-5-7-11-19)28(26(29(42)45-2)23(17-33)39-18)25-20(34)12-13-21(35)27(25)32(36,37)38/h5-7,10-13,16,18,28,39H,3-4,8-9,14-15,17H2,1-2H3,(H,40,41)(H,43,44). The van der Waals surface area contributed by atoms with Gasteiger partial charge < -0.3 is 19.9 Å². The second-order valence-corrected chi connectivity index (χ2v) is 11.0. The number of ether oxygens (including phenoxy) is 2. The van der Waals surface area contributed by atoms with Crippen LogP contribution in [0.5, 0.6) is 5.88 Å². The summed E-state index contributed by atoms with van der Waals surface area (Å²) in [5, 5.41) is 20.2. The number of nitrogens with one attached hydrogen (secondary N) is 2. The van der Waals surface area contributed by atoms with E-state index in [-0.39, 0.29) is 25.5 Å². The lowest BCUT2D eigenvalue weighted by molar-refractivity contribution is -0.155. The molecule has 3 unspecified atom stereocenters. The van der Waals surface area contributed by atoms with Gasteiger partial charge >= 0.3 is 18.1 Å². The number of nitrogens with zero attached hydrogens (tertiary/aromatic N) is 1. The van der Waals surface area contributed by atoms with Gasteiger partial charge in [-0.1, -0.05) is 49.6 Å². The van der Waals surface area contributed by atoms with Gasteiger partial charge in [-0.2, -0.15) is 13.2 Å². The highest BCUT2D eigenvalue weighted by Gasteiger charge is 2.59. The van der Waals surface area contributed by atoms with Gasteiger partial charge in [-0.25, -0.2) is 18.0 Å². The lowest BCUT2D eigenvalue weighted by Crippen LogP contribution is -2.57. The van der Waals surface area contributed by atoms with Gasteiger partial charge in [0.1, 0.15) is 18.3 Å². The monoisotopic (exact) mass is 653 g/mol. The Kier molecular flexibility index (Phi) is 10.7. The molecule has 46 heavy (non-hydrogen) atoms. The fourth-order valence-corrected chi connectivity index (χ4v) is 6.12. The predicted molar refractivity (Wildman–Crippen MR) is 154 cm³/mol. The van der Waals surface area contributed by atoms with Crippen molar-refractivity contribution in [3.63, 3.8) is 0 Å². The van der Waals surface area contributed by atoms with Crippen LogP contribution in [0.1, 0.15) is 56.1 Å². The van der Waals surface area contributed by atoms with Gasteiger partial charge in [0.15, 0.2) is 0 Å². The molecule has 0 fully saturated rings. The number of aromatic amines is 1. The zero-order valence-electron chi connectivity index (χ0n) is 25.0. The minimum absolute atomic E-state index is 0.104. The van der Waals surface area contributed by atoms with E-state index in [1.807, 2.05) is 30.3 Å². The molecule has 14 heteroatoms. The second kappa shape index (κ2) is 14.3. The Morgan fingerprint density at radius 3 is 2.33 bits per heavy atom. The van der Waals surface area contributed by atoms with Crippen LogP contribution in [0.2, 0.25) is 0 Å². The number of H-pyrrole nitrogens is 1. The number of rotatable bonds is 13. The molecule has 0 amide bonds. The summed E-state index contributed by atoms with van der Waals surface area (Å²) in [6, 6.07) is 10.6. The Labute approximate surface area is 260 Å². The summed E-state index contributed by atoms with van der Waals surface area (Å²) in [5.41, 5.74) is -5.52. The molecule has 2 aromatic carbocycles. The van der Waals surface area contributed by atoms with E-state index in [0.29, 0.717) is 31.2 Å². The number of carbonyl (C=O) groups is 2. The van der Waals surface area contributed by atoms with E-state index in [9.17, 15) is 36.6 Å². The molecule has 1 aliphatic heterocycles. The third kappa shape index (κ3) is 6.85. The number of aromatic nitrogens is 2. The van der Waals surface area contributed by atoms with Crippen LogP contribution in [0.4, 0.5) is 26.3 Å². The number of halogens is 6. The van der Waals surface area contributed by atoms with Crippen LogP contribution in [0.15, 0.2) is 59.8 Å². The van der Waals surface area contributed by atoms with Crippen LogP contribution in [0, 0.1) is 17.0 Å². The van der Waals surface area contributed by atoms with Crippen molar-refractivity contribution in [3.05, 3.63) is 82.6 Å². The van der Waals surface area contributed by atoms with Crippen molar-refractivity contribution in [2.24, 2.45) is 5.41 Å². The summed E-state index contributed by atoms with van der Waals surface area (Å²) in [6.07, 6.45) is -4.34. The Morgan fingerprint density at radius 1 is 1.02 bits per heavy atom. The molecule has 3 atom stereocenters. The van der Waals surface area contributed by atoms with Crippen LogP contribution in [0.3, 0.4) is 0 Å². The number of benzene rings is 2. The van der Waals surface area contributed by atoms with E-state index in [1.165, 1.54) is 6.92 Å². The normalized spacial score (nSPS) is 19.9. The average molecular weight is 654 g/mol. The Balaban J connectivity index is 1.58. The number of unbranched alkanes of at least 4 members (excludes halogenated alkanes) is 3. The van der Waals surface area contributed by atoms with E-state index >= 15 is 4.39 Å². The Morgan fingerprint density at radius 2 is 1.70 bits per heavy atom. The van der Waals surface area contributed by atoms with Crippen LogP contribution in [-0.4, -0.2) is 53.7 Å². The molecule has 0 saturated carbocycles. The minimum Gasteiger partial charge on any atom is -0.481 e. The number of methoxy groups -OCH3 is 1. The van der Waals surface area contributed by atoms with E-state index in [4.69, 9.17) is 9.47 Å². The summed E-state index contributed by atoms with van der Waals surface area (Å²) in [4.78, 5) is 26.0. The number of hydrogen-bond acceptors (Lipinski definition) is 6. The van der Waals surface area contributed by atoms with Gasteiger partial charge in [0.25, 0.3) is 0 Å². The van der Waals surface area contributed by atoms with Gasteiger partial charge in [0.05, 0.1) is 41.7 Å². The van der Waals surface area contributed by atoms with Crippen molar-refractivity contribution in [2.75, 3.05) is 20.4 Å². The minimum atomic E-state index is -5.48. The molecule has 248 valence electrons. The van der Waals surface area contributed by atoms with Crippen molar-refractivity contribution in [1.82, 2.24) is 15.5 Å².